The molecule has 3 N–H and O–H groups in total. The molecule has 16 heavy (non-hydrogen) atoms. The zero-order valence-electron chi connectivity index (χ0n) is 9.61. The van der Waals surface area contributed by atoms with Crippen LogP contribution in [0.3, 0.4) is 0 Å². The Kier molecular flexibility index (Phi) is 4.57. The van der Waals surface area contributed by atoms with Crippen LogP contribution >= 0.6 is 11.3 Å². The minimum atomic E-state index is 0.330. The van der Waals surface area contributed by atoms with Crippen LogP contribution in [0.15, 0.2) is 29.2 Å². The molecular formula is C13H20N2S. The first-order valence-electron chi connectivity index (χ1n) is 6.07. The number of hydrogen-bond acceptors (Lipinski definition) is 3. The maximum Gasteiger partial charge on any atom is 0.0468 e. The van der Waals surface area contributed by atoms with Crippen molar-refractivity contribution >= 4 is 11.3 Å². The van der Waals surface area contributed by atoms with Crippen LogP contribution < -0.4 is 11.3 Å². The molecule has 1 unspecified atom stereocenters. The zero-order valence-corrected chi connectivity index (χ0v) is 10.4. The Labute approximate surface area is 102 Å². The minimum Gasteiger partial charge on any atom is -0.271 e. The van der Waals surface area contributed by atoms with Crippen molar-refractivity contribution in [1.29, 1.82) is 0 Å². The van der Waals surface area contributed by atoms with Gasteiger partial charge in [0.25, 0.3) is 0 Å². The van der Waals surface area contributed by atoms with Crippen molar-refractivity contribution in [1.82, 2.24) is 5.43 Å². The summed E-state index contributed by atoms with van der Waals surface area (Å²) in [6.07, 6.45) is 9.86. The standard InChI is InChI=1S/C13H20N2S/c14-15-13(10-12-8-5-9-16-12)11-6-3-1-2-4-7-11/h5-6,8-9,13,15H,1-4,7,10,14H2. The maximum atomic E-state index is 5.69. The van der Waals surface area contributed by atoms with Crippen LogP contribution in [-0.2, 0) is 6.42 Å². The summed E-state index contributed by atoms with van der Waals surface area (Å²) in [7, 11) is 0. The summed E-state index contributed by atoms with van der Waals surface area (Å²) < 4.78 is 0. The lowest BCUT2D eigenvalue weighted by Gasteiger charge is -2.18. The van der Waals surface area contributed by atoms with Crippen LogP contribution in [0.5, 0.6) is 0 Å². The topological polar surface area (TPSA) is 38.0 Å². The molecule has 2 rings (SSSR count). The summed E-state index contributed by atoms with van der Waals surface area (Å²) >= 11 is 1.81. The molecule has 1 aliphatic rings. The SMILES string of the molecule is NNC(Cc1cccs1)C1=CCCCCC1. The first kappa shape index (κ1) is 11.8. The smallest absolute Gasteiger partial charge is 0.0468 e. The fraction of sp³-hybridized carbons (Fsp3) is 0.538. The number of allylic oxidation sites excluding steroid dienone is 1. The molecule has 88 valence electrons. The maximum absolute atomic E-state index is 5.69. The van der Waals surface area contributed by atoms with Gasteiger partial charge >= 0.3 is 0 Å². The van der Waals surface area contributed by atoms with E-state index in [0.29, 0.717) is 6.04 Å². The van der Waals surface area contributed by atoms with Crippen LogP contribution in [0, 0.1) is 0 Å². The molecular weight excluding hydrogens is 216 g/mol. The summed E-state index contributed by atoms with van der Waals surface area (Å²) in [6.45, 7) is 0. The van der Waals surface area contributed by atoms with E-state index in [1.807, 2.05) is 11.3 Å². The molecule has 2 nitrogen and oxygen atoms in total. The summed E-state index contributed by atoms with van der Waals surface area (Å²) in [5.74, 6) is 5.69. The molecule has 3 heteroatoms. The Morgan fingerprint density at radius 2 is 2.31 bits per heavy atom. The van der Waals surface area contributed by atoms with Gasteiger partial charge in [-0.1, -0.05) is 24.1 Å². The molecule has 0 aliphatic heterocycles. The minimum absolute atomic E-state index is 0.330. The van der Waals surface area contributed by atoms with E-state index < -0.39 is 0 Å². The molecule has 0 saturated carbocycles. The van der Waals surface area contributed by atoms with Crippen LogP contribution in [0.2, 0.25) is 0 Å². The Hall–Kier alpha value is -0.640. The highest BCUT2D eigenvalue weighted by Gasteiger charge is 2.15. The van der Waals surface area contributed by atoms with Gasteiger partial charge in [-0.15, -0.1) is 11.3 Å². The number of hydrogen-bond donors (Lipinski definition) is 2. The fourth-order valence-electron chi connectivity index (χ4n) is 2.28. The molecule has 1 atom stereocenters. The Morgan fingerprint density at radius 1 is 1.38 bits per heavy atom. The molecule has 0 spiro atoms. The number of hydrazine groups is 1. The number of thiophene rings is 1. The molecule has 0 aromatic carbocycles. The predicted octanol–water partition coefficient (Wildman–Crippen LogP) is 3.01. The molecule has 0 saturated heterocycles. The number of nitrogens with one attached hydrogen (secondary N) is 1. The van der Waals surface area contributed by atoms with E-state index in [1.165, 1.54) is 42.6 Å². The second-order valence-electron chi connectivity index (χ2n) is 4.38. The van der Waals surface area contributed by atoms with Gasteiger partial charge in [0.1, 0.15) is 0 Å². The van der Waals surface area contributed by atoms with E-state index in [1.54, 1.807) is 0 Å². The fourth-order valence-corrected chi connectivity index (χ4v) is 3.04. The van der Waals surface area contributed by atoms with E-state index in [2.05, 4.69) is 29.0 Å². The van der Waals surface area contributed by atoms with E-state index >= 15 is 0 Å². The lowest BCUT2D eigenvalue weighted by molar-refractivity contribution is 0.567. The molecule has 0 amide bonds. The molecule has 1 aromatic heterocycles. The Morgan fingerprint density at radius 3 is 3.06 bits per heavy atom. The lowest BCUT2D eigenvalue weighted by Crippen LogP contribution is -2.38. The molecule has 0 radical (unpaired) electrons. The first-order chi connectivity index (χ1) is 7.90. The van der Waals surface area contributed by atoms with Crippen molar-refractivity contribution in [3.8, 4) is 0 Å². The zero-order chi connectivity index (χ0) is 11.2. The quantitative estimate of drug-likeness (QED) is 0.479. The third-order valence-electron chi connectivity index (χ3n) is 3.21. The van der Waals surface area contributed by atoms with Gasteiger partial charge in [-0.25, -0.2) is 0 Å². The van der Waals surface area contributed by atoms with Gasteiger partial charge in [-0.3, -0.25) is 11.3 Å². The van der Waals surface area contributed by atoms with E-state index in [9.17, 15) is 0 Å². The van der Waals surface area contributed by atoms with Crippen LogP contribution in [-0.4, -0.2) is 6.04 Å². The molecule has 0 fully saturated rings. The summed E-state index contributed by atoms with van der Waals surface area (Å²) in [6, 6.07) is 4.62. The van der Waals surface area contributed by atoms with Gasteiger partial charge in [-0.2, -0.15) is 0 Å². The van der Waals surface area contributed by atoms with Gasteiger partial charge in [0.05, 0.1) is 0 Å². The van der Waals surface area contributed by atoms with Crippen molar-refractivity contribution in [3.05, 3.63) is 34.0 Å². The second-order valence-corrected chi connectivity index (χ2v) is 5.41. The molecule has 0 bridgehead atoms. The van der Waals surface area contributed by atoms with E-state index in [-0.39, 0.29) is 0 Å². The number of nitrogens with two attached hydrogens (primary N) is 1. The largest absolute Gasteiger partial charge is 0.271 e. The van der Waals surface area contributed by atoms with Gasteiger partial charge in [0.15, 0.2) is 0 Å². The van der Waals surface area contributed by atoms with Crippen LogP contribution in [0.4, 0.5) is 0 Å². The second kappa shape index (κ2) is 6.18. The highest BCUT2D eigenvalue weighted by molar-refractivity contribution is 7.09. The van der Waals surface area contributed by atoms with Crippen LogP contribution in [0.1, 0.15) is 37.0 Å². The predicted molar refractivity (Wildman–Crippen MR) is 70.3 cm³/mol. The van der Waals surface area contributed by atoms with Gasteiger partial charge < -0.3 is 0 Å². The van der Waals surface area contributed by atoms with Crippen molar-refractivity contribution in [2.24, 2.45) is 5.84 Å². The van der Waals surface area contributed by atoms with Crippen molar-refractivity contribution in [2.45, 2.75) is 44.6 Å². The highest BCUT2D eigenvalue weighted by Crippen LogP contribution is 2.22. The molecule has 1 heterocycles. The highest BCUT2D eigenvalue weighted by atomic mass is 32.1. The van der Waals surface area contributed by atoms with Gasteiger partial charge in [0, 0.05) is 17.3 Å². The summed E-state index contributed by atoms with van der Waals surface area (Å²) in [5, 5.41) is 2.13. The molecule has 1 aromatic rings. The summed E-state index contributed by atoms with van der Waals surface area (Å²) in [5.41, 5.74) is 4.48. The van der Waals surface area contributed by atoms with Crippen molar-refractivity contribution in [3.63, 3.8) is 0 Å². The normalized spacial score (nSPS) is 18.9. The lowest BCUT2D eigenvalue weighted by atomic mass is 9.99. The first-order valence-corrected chi connectivity index (χ1v) is 6.95. The summed E-state index contributed by atoms with van der Waals surface area (Å²) in [4.78, 5) is 1.41. The number of rotatable bonds is 4. The molecule has 1 aliphatic carbocycles. The third-order valence-corrected chi connectivity index (χ3v) is 4.11. The van der Waals surface area contributed by atoms with Gasteiger partial charge in [0.2, 0.25) is 0 Å². The van der Waals surface area contributed by atoms with E-state index in [0.717, 1.165) is 6.42 Å². The van der Waals surface area contributed by atoms with E-state index in [4.69, 9.17) is 5.84 Å². The van der Waals surface area contributed by atoms with Gasteiger partial charge in [-0.05, 0) is 37.1 Å². The Balaban J connectivity index is 2.00. The average Bonchev–Trinajstić information content (AvgIpc) is 2.67. The monoisotopic (exact) mass is 236 g/mol. The Bertz CT molecular complexity index is 330. The van der Waals surface area contributed by atoms with Crippen molar-refractivity contribution in [2.75, 3.05) is 0 Å². The average molecular weight is 236 g/mol. The van der Waals surface area contributed by atoms with Crippen molar-refractivity contribution < 1.29 is 0 Å². The third kappa shape index (κ3) is 3.17. The van der Waals surface area contributed by atoms with Crippen LogP contribution in [0.25, 0.3) is 0 Å².